The van der Waals surface area contributed by atoms with Crippen LogP contribution in [0.3, 0.4) is 0 Å². The van der Waals surface area contributed by atoms with Crippen LogP contribution in [0.5, 0.6) is 0 Å². The van der Waals surface area contributed by atoms with Crippen molar-refractivity contribution >= 4 is 10.0 Å². The highest BCUT2D eigenvalue weighted by molar-refractivity contribution is 7.89. The summed E-state index contributed by atoms with van der Waals surface area (Å²) in [5.41, 5.74) is 1.03. The lowest BCUT2D eigenvalue weighted by atomic mass is 10.2. The molecule has 4 nitrogen and oxygen atoms in total. The molecule has 0 aliphatic carbocycles. The van der Waals surface area contributed by atoms with Gasteiger partial charge in [-0.1, -0.05) is 17.7 Å². The SMILES string of the molecule is Cc1ccc(S(=O)(=O)N2CCCCC(O)C2)cc1. The van der Waals surface area contributed by atoms with Crippen molar-refractivity contribution in [1.82, 2.24) is 4.31 Å². The maximum absolute atomic E-state index is 12.4. The third kappa shape index (κ3) is 2.91. The van der Waals surface area contributed by atoms with Crippen LogP contribution in [0.4, 0.5) is 0 Å². The van der Waals surface area contributed by atoms with Gasteiger partial charge in [-0.2, -0.15) is 4.31 Å². The molecular formula is C13H19NO3S. The van der Waals surface area contributed by atoms with E-state index in [0.29, 0.717) is 17.9 Å². The van der Waals surface area contributed by atoms with E-state index >= 15 is 0 Å². The van der Waals surface area contributed by atoms with E-state index in [1.54, 1.807) is 24.3 Å². The second kappa shape index (κ2) is 5.38. The van der Waals surface area contributed by atoms with Crippen LogP contribution >= 0.6 is 0 Å². The van der Waals surface area contributed by atoms with Gasteiger partial charge in [0, 0.05) is 13.1 Å². The zero-order valence-electron chi connectivity index (χ0n) is 10.5. The van der Waals surface area contributed by atoms with Gasteiger partial charge in [-0.3, -0.25) is 0 Å². The summed E-state index contributed by atoms with van der Waals surface area (Å²) in [5.74, 6) is 0. The first-order chi connectivity index (χ1) is 8.50. The molecule has 0 saturated carbocycles. The fourth-order valence-corrected chi connectivity index (χ4v) is 3.68. The van der Waals surface area contributed by atoms with Crippen molar-refractivity contribution < 1.29 is 13.5 Å². The van der Waals surface area contributed by atoms with Crippen LogP contribution in [0.1, 0.15) is 24.8 Å². The Morgan fingerprint density at radius 3 is 2.56 bits per heavy atom. The molecule has 1 saturated heterocycles. The van der Waals surface area contributed by atoms with Crippen LogP contribution in [0.15, 0.2) is 29.2 Å². The van der Waals surface area contributed by atoms with Gasteiger partial charge in [-0.25, -0.2) is 8.42 Å². The average molecular weight is 269 g/mol. The van der Waals surface area contributed by atoms with E-state index in [2.05, 4.69) is 0 Å². The minimum Gasteiger partial charge on any atom is -0.392 e. The first-order valence-corrected chi connectivity index (χ1v) is 7.69. The average Bonchev–Trinajstić information content (AvgIpc) is 2.55. The normalized spacial score (nSPS) is 22.7. The number of benzene rings is 1. The number of β-amino-alcohol motifs (C(OH)–C–C–N with tert-alkyl or cyclic N) is 1. The predicted molar refractivity (Wildman–Crippen MR) is 69.8 cm³/mol. The van der Waals surface area contributed by atoms with Crippen molar-refractivity contribution in [2.75, 3.05) is 13.1 Å². The number of aliphatic hydroxyl groups excluding tert-OH is 1. The van der Waals surface area contributed by atoms with E-state index in [4.69, 9.17) is 0 Å². The zero-order valence-corrected chi connectivity index (χ0v) is 11.4. The third-order valence-electron chi connectivity index (χ3n) is 3.27. The monoisotopic (exact) mass is 269 g/mol. The molecule has 1 N–H and O–H groups in total. The lowest BCUT2D eigenvalue weighted by Crippen LogP contribution is -2.36. The van der Waals surface area contributed by atoms with Crippen LogP contribution in [-0.4, -0.2) is 37.0 Å². The van der Waals surface area contributed by atoms with Gasteiger partial charge in [-0.05, 0) is 38.3 Å². The van der Waals surface area contributed by atoms with Crippen LogP contribution in [-0.2, 0) is 10.0 Å². The molecule has 0 spiro atoms. The van der Waals surface area contributed by atoms with E-state index in [9.17, 15) is 13.5 Å². The molecule has 1 aromatic rings. The first kappa shape index (κ1) is 13.5. The fraction of sp³-hybridized carbons (Fsp3) is 0.538. The highest BCUT2D eigenvalue weighted by Gasteiger charge is 2.27. The van der Waals surface area contributed by atoms with Gasteiger partial charge in [0.05, 0.1) is 11.0 Å². The smallest absolute Gasteiger partial charge is 0.243 e. The van der Waals surface area contributed by atoms with Crippen molar-refractivity contribution in [2.45, 2.75) is 37.2 Å². The number of rotatable bonds is 2. The number of hydrogen-bond acceptors (Lipinski definition) is 3. The van der Waals surface area contributed by atoms with Crippen molar-refractivity contribution in [3.05, 3.63) is 29.8 Å². The molecule has 100 valence electrons. The summed E-state index contributed by atoms with van der Waals surface area (Å²) in [7, 11) is -3.46. The standard InChI is InChI=1S/C13H19NO3S/c1-11-5-7-13(8-6-11)18(16,17)14-9-3-2-4-12(15)10-14/h5-8,12,15H,2-4,9-10H2,1H3. The van der Waals surface area contributed by atoms with Gasteiger partial charge in [0.2, 0.25) is 10.0 Å². The number of nitrogens with zero attached hydrogens (tertiary/aromatic N) is 1. The fourth-order valence-electron chi connectivity index (χ4n) is 2.16. The highest BCUT2D eigenvalue weighted by Crippen LogP contribution is 2.20. The molecule has 0 bridgehead atoms. The molecule has 1 heterocycles. The van der Waals surface area contributed by atoms with E-state index in [0.717, 1.165) is 18.4 Å². The third-order valence-corrected chi connectivity index (χ3v) is 5.15. The summed E-state index contributed by atoms with van der Waals surface area (Å²) in [5, 5.41) is 9.71. The Labute approximate surface area is 108 Å². The van der Waals surface area contributed by atoms with E-state index in [1.165, 1.54) is 4.31 Å². The first-order valence-electron chi connectivity index (χ1n) is 6.25. The molecule has 0 aromatic heterocycles. The molecule has 1 unspecified atom stereocenters. The molecular weight excluding hydrogens is 250 g/mol. The highest BCUT2D eigenvalue weighted by atomic mass is 32.2. The van der Waals surface area contributed by atoms with Crippen molar-refractivity contribution in [1.29, 1.82) is 0 Å². The predicted octanol–water partition coefficient (Wildman–Crippen LogP) is 1.53. The van der Waals surface area contributed by atoms with E-state index in [1.807, 2.05) is 6.92 Å². The molecule has 1 aliphatic rings. The van der Waals surface area contributed by atoms with Crippen molar-refractivity contribution in [3.8, 4) is 0 Å². The quantitative estimate of drug-likeness (QED) is 0.886. The van der Waals surface area contributed by atoms with Gasteiger partial charge in [-0.15, -0.1) is 0 Å². The van der Waals surface area contributed by atoms with Crippen LogP contribution in [0, 0.1) is 6.92 Å². The molecule has 5 heteroatoms. The number of hydrogen-bond donors (Lipinski definition) is 1. The van der Waals surface area contributed by atoms with Gasteiger partial charge in [0.1, 0.15) is 0 Å². The van der Waals surface area contributed by atoms with Crippen molar-refractivity contribution in [3.63, 3.8) is 0 Å². The lowest BCUT2D eigenvalue weighted by molar-refractivity contribution is 0.148. The number of aryl methyl sites for hydroxylation is 1. The van der Waals surface area contributed by atoms with Crippen LogP contribution in [0.25, 0.3) is 0 Å². The Kier molecular flexibility index (Phi) is 4.04. The van der Waals surface area contributed by atoms with Gasteiger partial charge < -0.3 is 5.11 Å². The molecule has 18 heavy (non-hydrogen) atoms. The Hall–Kier alpha value is -0.910. The summed E-state index contributed by atoms with van der Waals surface area (Å²) >= 11 is 0. The number of aliphatic hydroxyl groups is 1. The van der Waals surface area contributed by atoms with Gasteiger partial charge >= 0.3 is 0 Å². The molecule has 2 rings (SSSR count). The molecule has 1 aliphatic heterocycles. The van der Waals surface area contributed by atoms with Crippen LogP contribution in [0.2, 0.25) is 0 Å². The summed E-state index contributed by atoms with van der Waals surface area (Å²) in [6.45, 7) is 2.62. The second-order valence-electron chi connectivity index (χ2n) is 4.83. The molecule has 0 radical (unpaired) electrons. The Morgan fingerprint density at radius 2 is 1.89 bits per heavy atom. The Bertz CT molecular complexity index is 495. The van der Waals surface area contributed by atoms with E-state index in [-0.39, 0.29) is 6.54 Å². The topological polar surface area (TPSA) is 57.6 Å². The summed E-state index contributed by atoms with van der Waals surface area (Å²) in [6, 6.07) is 6.84. The molecule has 1 fully saturated rings. The Morgan fingerprint density at radius 1 is 1.22 bits per heavy atom. The van der Waals surface area contributed by atoms with Crippen LogP contribution < -0.4 is 0 Å². The van der Waals surface area contributed by atoms with E-state index < -0.39 is 16.1 Å². The zero-order chi connectivity index (χ0) is 13.2. The largest absolute Gasteiger partial charge is 0.392 e. The summed E-state index contributed by atoms with van der Waals surface area (Å²) in [4.78, 5) is 0.308. The Balaban J connectivity index is 2.26. The van der Waals surface area contributed by atoms with Crippen molar-refractivity contribution in [2.24, 2.45) is 0 Å². The van der Waals surface area contributed by atoms with Gasteiger partial charge in [0.15, 0.2) is 0 Å². The maximum Gasteiger partial charge on any atom is 0.243 e. The summed E-state index contributed by atoms with van der Waals surface area (Å²) < 4.78 is 26.2. The molecule has 1 aromatic carbocycles. The number of sulfonamides is 1. The second-order valence-corrected chi connectivity index (χ2v) is 6.76. The summed E-state index contributed by atoms with van der Waals surface area (Å²) in [6.07, 6.45) is 1.82. The molecule has 0 amide bonds. The lowest BCUT2D eigenvalue weighted by Gasteiger charge is -2.21. The molecule has 1 atom stereocenters. The minimum atomic E-state index is -3.46. The minimum absolute atomic E-state index is 0.205. The maximum atomic E-state index is 12.4. The van der Waals surface area contributed by atoms with Gasteiger partial charge in [0.25, 0.3) is 0 Å².